The Bertz CT molecular complexity index is 79.6. The molecule has 0 bridgehead atoms. The first-order valence-electron chi connectivity index (χ1n) is 4.52. The first-order valence-corrected chi connectivity index (χ1v) is 4.52. The van der Waals surface area contributed by atoms with Gasteiger partial charge in [0.05, 0.1) is 0 Å². The molecule has 2 nitrogen and oxygen atoms in total. The van der Waals surface area contributed by atoms with E-state index in [1.54, 1.807) is 0 Å². The molecule has 2 N–H and O–H groups in total. The predicted molar refractivity (Wildman–Crippen MR) is 50.9 cm³/mol. The molecule has 68 valence electrons. The molecule has 0 atom stereocenters. The van der Waals surface area contributed by atoms with Crippen LogP contribution in [0.25, 0.3) is 0 Å². The summed E-state index contributed by atoms with van der Waals surface area (Å²) in [6.07, 6.45) is 2.40. The summed E-state index contributed by atoms with van der Waals surface area (Å²) in [6.45, 7) is 8.90. The topological polar surface area (TPSA) is 24.1 Å². The van der Waals surface area contributed by atoms with Gasteiger partial charge in [0.2, 0.25) is 0 Å². The van der Waals surface area contributed by atoms with Gasteiger partial charge in [-0.2, -0.15) is 0 Å². The van der Waals surface area contributed by atoms with E-state index in [1.165, 1.54) is 12.8 Å². The molecule has 11 heavy (non-hydrogen) atoms. The average Bonchev–Trinajstić information content (AvgIpc) is 1.97. The minimum Gasteiger partial charge on any atom is -0.320 e. The Labute approximate surface area is 70.8 Å². The summed E-state index contributed by atoms with van der Waals surface area (Å²) < 4.78 is 0. The lowest BCUT2D eigenvalue weighted by molar-refractivity contribution is 0.360. The van der Waals surface area contributed by atoms with Crippen molar-refractivity contribution in [1.29, 1.82) is 0 Å². The van der Waals surface area contributed by atoms with E-state index < -0.39 is 0 Å². The van der Waals surface area contributed by atoms with Crippen molar-refractivity contribution < 1.29 is 0 Å². The van der Waals surface area contributed by atoms with Gasteiger partial charge in [0.1, 0.15) is 0 Å². The quantitative estimate of drug-likeness (QED) is 0.610. The van der Waals surface area contributed by atoms with Crippen LogP contribution in [0.2, 0.25) is 0 Å². The number of hydrogen-bond acceptors (Lipinski definition) is 2. The normalized spacial score (nSPS) is 12.0. The fourth-order valence-corrected chi connectivity index (χ4v) is 0.989. The number of rotatable bonds is 6. The van der Waals surface area contributed by atoms with Gasteiger partial charge in [0, 0.05) is 5.54 Å². The highest BCUT2D eigenvalue weighted by molar-refractivity contribution is 4.77. The highest BCUT2D eigenvalue weighted by Gasteiger charge is 2.14. The standard InChI is InChI=1S/C9H22N2/c1-5-7-11-9(2,3)6-8-10-4/h10-11H,5-8H2,1-4H3. The summed E-state index contributed by atoms with van der Waals surface area (Å²) in [5.74, 6) is 0. The summed E-state index contributed by atoms with van der Waals surface area (Å²) >= 11 is 0. The van der Waals surface area contributed by atoms with Crippen LogP contribution in [0.1, 0.15) is 33.6 Å². The maximum absolute atomic E-state index is 3.50. The molecule has 0 aromatic heterocycles. The van der Waals surface area contributed by atoms with Crippen molar-refractivity contribution in [2.75, 3.05) is 20.1 Å². The summed E-state index contributed by atoms with van der Waals surface area (Å²) in [7, 11) is 2.00. The highest BCUT2D eigenvalue weighted by atomic mass is 15.0. The third-order valence-corrected chi connectivity index (χ3v) is 1.85. The molecule has 0 saturated heterocycles. The molecule has 0 aliphatic heterocycles. The molecule has 0 aromatic rings. The second-order valence-corrected chi connectivity index (χ2v) is 3.66. The predicted octanol–water partition coefficient (Wildman–Crippen LogP) is 1.37. The maximum atomic E-state index is 3.50. The SMILES string of the molecule is CCCNC(C)(C)CCNC. The molecule has 2 heteroatoms. The van der Waals surface area contributed by atoms with Gasteiger partial charge >= 0.3 is 0 Å². The molecular weight excluding hydrogens is 136 g/mol. The largest absolute Gasteiger partial charge is 0.320 e. The zero-order valence-corrected chi connectivity index (χ0v) is 8.33. The van der Waals surface area contributed by atoms with Gasteiger partial charge in [0.15, 0.2) is 0 Å². The second-order valence-electron chi connectivity index (χ2n) is 3.66. The smallest absolute Gasteiger partial charge is 0.0137 e. The molecule has 0 amide bonds. The van der Waals surface area contributed by atoms with Crippen LogP contribution < -0.4 is 10.6 Å². The minimum absolute atomic E-state index is 0.291. The fourth-order valence-electron chi connectivity index (χ4n) is 0.989. The Kier molecular flexibility index (Phi) is 5.51. The van der Waals surface area contributed by atoms with Crippen molar-refractivity contribution in [2.24, 2.45) is 0 Å². The van der Waals surface area contributed by atoms with E-state index in [0.29, 0.717) is 5.54 Å². The van der Waals surface area contributed by atoms with E-state index in [2.05, 4.69) is 31.4 Å². The van der Waals surface area contributed by atoms with Crippen molar-refractivity contribution >= 4 is 0 Å². The monoisotopic (exact) mass is 158 g/mol. The van der Waals surface area contributed by atoms with Crippen LogP contribution in [0, 0.1) is 0 Å². The number of nitrogens with one attached hydrogen (secondary N) is 2. The second kappa shape index (κ2) is 5.56. The third kappa shape index (κ3) is 6.32. The van der Waals surface area contributed by atoms with E-state index in [9.17, 15) is 0 Å². The zero-order valence-electron chi connectivity index (χ0n) is 8.33. The summed E-state index contributed by atoms with van der Waals surface area (Å²) in [5, 5.41) is 6.66. The first kappa shape index (κ1) is 10.9. The van der Waals surface area contributed by atoms with Crippen LogP contribution in [-0.2, 0) is 0 Å². The van der Waals surface area contributed by atoms with Crippen LogP contribution in [0.4, 0.5) is 0 Å². The lowest BCUT2D eigenvalue weighted by Crippen LogP contribution is -2.41. The molecular formula is C9H22N2. The van der Waals surface area contributed by atoms with E-state index in [-0.39, 0.29) is 0 Å². The lowest BCUT2D eigenvalue weighted by Gasteiger charge is -2.26. The Morgan fingerprint density at radius 1 is 1.18 bits per heavy atom. The third-order valence-electron chi connectivity index (χ3n) is 1.85. The fraction of sp³-hybridized carbons (Fsp3) is 1.00. The van der Waals surface area contributed by atoms with Gasteiger partial charge in [0.25, 0.3) is 0 Å². The highest BCUT2D eigenvalue weighted by Crippen LogP contribution is 2.06. The van der Waals surface area contributed by atoms with E-state index in [0.717, 1.165) is 13.1 Å². The van der Waals surface area contributed by atoms with Gasteiger partial charge in [-0.05, 0) is 46.8 Å². The van der Waals surface area contributed by atoms with Crippen molar-refractivity contribution in [1.82, 2.24) is 10.6 Å². The van der Waals surface area contributed by atoms with Crippen LogP contribution >= 0.6 is 0 Å². The summed E-state index contributed by atoms with van der Waals surface area (Å²) in [4.78, 5) is 0. The van der Waals surface area contributed by atoms with Crippen LogP contribution in [-0.4, -0.2) is 25.7 Å². The molecule has 0 spiro atoms. The molecule has 0 unspecified atom stereocenters. The van der Waals surface area contributed by atoms with Crippen LogP contribution in [0.3, 0.4) is 0 Å². The Balaban J connectivity index is 3.43. The Morgan fingerprint density at radius 3 is 2.27 bits per heavy atom. The molecule has 0 rings (SSSR count). The molecule has 0 aliphatic carbocycles. The van der Waals surface area contributed by atoms with Gasteiger partial charge in [-0.15, -0.1) is 0 Å². The molecule has 0 fully saturated rings. The van der Waals surface area contributed by atoms with E-state index in [4.69, 9.17) is 0 Å². The van der Waals surface area contributed by atoms with Crippen molar-refractivity contribution in [2.45, 2.75) is 39.2 Å². The maximum Gasteiger partial charge on any atom is 0.0137 e. The van der Waals surface area contributed by atoms with Gasteiger partial charge in [-0.25, -0.2) is 0 Å². The van der Waals surface area contributed by atoms with E-state index >= 15 is 0 Å². The first-order chi connectivity index (χ1) is 5.12. The van der Waals surface area contributed by atoms with Gasteiger partial charge in [-0.3, -0.25) is 0 Å². The van der Waals surface area contributed by atoms with Crippen molar-refractivity contribution in [3.05, 3.63) is 0 Å². The summed E-state index contributed by atoms with van der Waals surface area (Å²) in [6, 6.07) is 0. The molecule has 0 heterocycles. The molecule has 0 aromatic carbocycles. The van der Waals surface area contributed by atoms with Crippen LogP contribution in [0.5, 0.6) is 0 Å². The van der Waals surface area contributed by atoms with Crippen molar-refractivity contribution in [3.8, 4) is 0 Å². The Hall–Kier alpha value is -0.0800. The Morgan fingerprint density at radius 2 is 1.82 bits per heavy atom. The van der Waals surface area contributed by atoms with Gasteiger partial charge < -0.3 is 10.6 Å². The zero-order chi connectivity index (χ0) is 8.74. The minimum atomic E-state index is 0.291. The molecule has 0 radical (unpaired) electrons. The van der Waals surface area contributed by atoms with Crippen LogP contribution in [0.15, 0.2) is 0 Å². The summed E-state index contributed by atoms with van der Waals surface area (Å²) in [5.41, 5.74) is 0.291. The molecule has 0 saturated carbocycles. The molecule has 0 aliphatic rings. The lowest BCUT2D eigenvalue weighted by atomic mass is 10.0. The van der Waals surface area contributed by atoms with Gasteiger partial charge in [-0.1, -0.05) is 6.92 Å². The number of hydrogen-bond donors (Lipinski definition) is 2. The average molecular weight is 158 g/mol. The van der Waals surface area contributed by atoms with Crippen molar-refractivity contribution in [3.63, 3.8) is 0 Å². The van der Waals surface area contributed by atoms with E-state index in [1.807, 2.05) is 7.05 Å².